The molecule has 4 atom stereocenters. The van der Waals surface area contributed by atoms with E-state index in [4.69, 9.17) is 20.4 Å². The second-order valence-electron chi connectivity index (χ2n) is 3.95. The van der Waals surface area contributed by atoms with E-state index in [1.54, 1.807) is 0 Å². The van der Waals surface area contributed by atoms with Crippen molar-refractivity contribution in [1.82, 2.24) is 4.90 Å². The molecule has 1 heterocycles. The van der Waals surface area contributed by atoms with Crippen LogP contribution in [-0.4, -0.2) is 92.3 Å². The topological polar surface area (TPSA) is 125 Å². The number of aliphatic hydroxyl groups is 6. The summed E-state index contributed by atoms with van der Waals surface area (Å²) in [6.45, 7) is -1.62. The third-order valence-corrected chi connectivity index (χ3v) is 3.12. The molecule has 0 amide bonds. The zero-order valence-corrected chi connectivity index (χ0v) is 8.85. The van der Waals surface area contributed by atoms with Crippen molar-refractivity contribution in [3.8, 4) is 0 Å². The molecule has 1 fully saturated rings. The summed E-state index contributed by atoms with van der Waals surface area (Å²) < 4.78 is 0. The van der Waals surface area contributed by atoms with Gasteiger partial charge in [0, 0.05) is 0 Å². The van der Waals surface area contributed by atoms with Gasteiger partial charge < -0.3 is 30.6 Å². The van der Waals surface area contributed by atoms with Crippen LogP contribution in [0.4, 0.5) is 0 Å². The number of likely N-dealkylation sites (tertiary alicyclic amines) is 1. The quantitative estimate of drug-likeness (QED) is 0.289. The van der Waals surface area contributed by atoms with Gasteiger partial charge in [-0.1, -0.05) is 0 Å². The van der Waals surface area contributed by atoms with Gasteiger partial charge in [-0.15, -0.1) is 0 Å². The summed E-state index contributed by atoms with van der Waals surface area (Å²) in [6.07, 6.45) is -2.41. The highest BCUT2D eigenvalue weighted by molar-refractivity contribution is 5.02. The van der Waals surface area contributed by atoms with Gasteiger partial charge in [0.25, 0.3) is 0 Å². The Hall–Kier alpha value is -0.280. The maximum absolute atomic E-state index is 9.64. The molecule has 0 aromatic carbocycles. The molecule has 96 valence electrons. The molecule has 6 N–H and O–H groups in total. The molecule has 1 rings (SSSR count). The summed E-state index contributed by atoms with van der Waals surface area (Å²) >= 11 is 0. The second kappa shape index (κ2) is 5.87. The van der Waals surface area contributed by atoms with Crippen molar-refractivity contribution in [2.24, 2.45) is 0 Å². The SMILES string of the molecule is OCC(CO)N1C(CO)C(O)C(O)C1CO. The van der Waals surface area contributed by atoms with Crippen LogP contribution in [0.5, 0.6) is 0 Å². The molecule has 0 bridgehead atoms. The van der Waals surface area contributed by atoms with Gasteiger partial charge in [-0.2, -0.15) is 0 Å². The van der Waals surface area contributed by atoms with Crippen LogP contribution in [0.3, 0.4) is 0 Å². The Labute approximate surface area is 93.2 Å². The van der Waals surface area contributed by atoms with Crippen LogP contribution < -0.4 is 0 Å². The Balaban J connectivity index is 2.91. The lowest BCUT2D eigenvalue weighted by molar-refractivity contribution is -0.0101. The summed E-state index contributed by atoms with van der Waals surface area (Å²) in [7, 11) is 0. The zero-order chi connectivity index (χ0) is 12.3. The number of hydrogen-bond donors (Lipinski definition) is 6. The minimum atomic E-state index is -1.21. The van der Waals surface area contributed by atoms with Gasteiger partial charge in [-0.3, -0.25) is 4.90 Å². The summed E-state index contributed by atoms with van der Waals surface area (Å²) in [5.74, 6) is 0. The summed E-state index contributed by atoms with van der Waals surface area (Å²) in [4.78, 5) is 1.37. The smallest absolute Gasteiger partial charge is 0.0992 e. The summed E-state index contributed by atoms with van der Waals surface area (Å²) in [5, 5.41) is 55.6. The number of nitrogens with zero attached hydrogens (tertiary/aromatic N) is 1. The number of hydrogen-bond acceptors (Lipinski definition) is 7. The van der Waals surface area contributed by atoms with Gasteiger partial charge in [0.15, 0.2) is 0 Å². The fourth-order valence-corrected chi connectivity index (χ4v) is 2.25. The van der Waals surface area contributed by atoms with Crippen molar-refractivity contribution in [2.75, 3.05) is 26.4 Å². The molecular formula is C9H19NO6. The molecule has 0 saturated carbocycles. The first-order chi connectivity index (χ1) is 7.62. The molecule has 0 radical (unpaired) electrons. The van der Waals surface area contributed by atoms with Gasteiger partial charge in [-0.25, -0.2) is 0 Å². The maximum atomic E-state index is 9.64. The Morgan fingerprint density at radius 1 is 0.812 bits per heavy atom. The lowest BCUT2D eigenvalue weighted by Gasteiger charge is -2.34. The molecule has 1 saturated heterocycles. The van der Waals surface area contributed by atoms with E-state index in [9.17, 15) is 10.2 Å². The largest absolute Gasteiger partial charge is 0.395 e. The van der Waals surface area contributed by atoms with Crippen LogP contribution in [0.25, 0.3) is 0 Å². The molecule has 0 aliphatic carbocycles. The highest BCUT2D eigenvalue weighted by Crippen LogP contribution is 2.27. The van der Waals surface area contributed by atoms with Crippen molar-refractivity contribution >= 4 is 0 Å². The van der Waals surface area contributed by atoms with Gasteiger partial charge in [0.1, 0.15) is 0 Å². The van der Waals surface area contributed by atoms with Gasteiger partial charge in [0.2, 0.25) is 0 Å². The lowest BCUT2D eigenvalue weighted by Crippen LogP contribution is -2.52. The molecular weight excluding hydrogens is 218 g/mol. The molecule has 7 nitrogen and oxygen atoms in total. The Bertz CT molecular complexity index is 196. The second-order valence-corrected chi connectivity index (χ2v) is 3.95. The van der Waals surface area contributed by atoms with E-state index < -0.39 is 43.5 Å². The van der Waals surface area contributed by atoms with Crippen molar-refractivity contribution in [3.63, 3.8) is 0 Å². The van der Waals surface area contributed by atoms with Crippen molar-refractivity contribution in [3.05, 3.63) is 0 Å². The molecule has 7 heteroatoms. The van der Waals surface area contributed by atoms with Crippen molar-refractivity contribution < 1.29 is 30.6 Å². The average molecular weight is 237 g/mol. The molecule has 16 heavy (non-hydrogen) atoms. The third kappa shape index (κ3) is 2.21. The van der Waals surface area contributed by atoms with Crippen LogP contribution in [0.15, 0.2) is 0 Å². The van der Waals surface area contributed by atoms with E-state index >= 15 is 0 Å². The highest BCUT2D eigenvalue weighted by atomic mass is 16.3. The van der Waals surface area contributed by atoms with Crippen LogP contribution in [-0.2, 0) is 0 Å². The molecule has 1 aliphatic heterocycles. The van der Waals surface area contributed by atoms with Crippen molar-refractivity contribution in [1.29, 1.82) is 0 Å². The molecule has 0 spiro atoms. The van der Waals surface area contributed by atoms with E-state index in [1.807, 2.05) is 0 Å². The molecule has 1 aliphatic rings. The number of aliphatic hydroxyl groups excluding tert-OH is 6. The van der Waals surface area contributed by atoms with E-state index in [-0.39, 0.29) is 13.2 Å². The number of rotatable bonds is 5. The first kappa shape index (κ1) is 13.8. The zero-order valence-electron chi connectivity index (χ0n) is 8.85. The van der Waals surface area contributed by atoms with Crippen LogP contribution in [0, 0.1) is 0 Å². The van der Waals surface area contributed by atoms with Gasteiger partial charge in [-0.05, 0) is 0 Å². The maximum Gasteiger partial charge on any atom is 0.0992 e. The Morgan fingerprint density at radius 3 is 1.44 bits per heavy atom. The fraction of sp³-hybridized carbons (Fsp3) is 1.00. The Kier molecular flexibility index (Phi) is 5.06. The first-order valence-corrected chi connectivity index (χ1v) is 5.19. The van der Waals surface area contributed by atoms with E-state index in [2.05, 4.69) is 0 Å². The molecule has 4 unspecified atom stereocenters. The lowest BCUT2D eigenvalue weighted by atomic mass is 10.1. The van der Waals surface area contributed by atoms with Gasteiger partial charge in [0.05, 0.1) is 56.8 Å². The van der Waals surface area contributed by atoms with Crippen molar-refractivity contribution in [2.45, 2.75) is 30.3 Å². The normalized spacial score (nSPS) is 36.2. The van der Waals surface area contributed by atoms with Crippen LogP contribution >= 0.6 is 0 Å². The summed E-state index contributed by atoms with van der Waals surface area (Å²) in [6, 6.07) is -2.31. The minimum Gasteiger partial charge on any atom is -0.395 e. The standard InChI is InChI=1S/C9H19NO6/c11-1-5(2-12)10-6(3-13)8(15)9(16)7(10)4-14/h5-9,11-16H,1-4H2. The van der Waals surface area contributed by atoms with Gasteiger partial charge >= 0.3 is 0 Å². The van der Waals surface area contributed by atoms with Crippen LogP contribution in [0.1, 0.15) is 0 Å². The molecule has 0 aromatic rings. The summed E-state index contributed by atoms with van der Waals surface area (Å²) in [5.41, 5.74) is 0. The fourth-order valence-electron chi connectivity index (χ4n) is 2.25. The molecule has 0 aromatic heterocycles. The van der Waals surface area contributed by atoms with E-state index in [0.29, 0.717) is 0 Å². The monoisotopic (exact) mass is 237 g/mol. The predicted molar refractivity (Wildman–Crippen MR) is 53.6 cm³/mol. The van der Waals surface area contributed by atoms with Crippen LogP contribution in [0.2, 0.25) is 0 Å². The van der Waals surface area contributed by atoms with E-state index in [0.717, 1.165) is 0 Å². The highest BCUT2D eigenvalue weighted by Gasteiger charge is 2.49. The van der Waals surface area contributed by atoms with E-state index in [1.165, 1.54) is 4.90 Å². The average Bonchev–Trinajstić information content (AvgIpc) is 2.53. The third-order valence-electron chi connectivity index (χ3n) is 3.12. The predicted octanol–water partition coefficient (Wildman–Crippen LogP) is -3.90. The Morgan fingerprint density at radius 2 is 1.19 bits per heavy atom. The first-order valence-electron chi connectivity index (χ1n) is 5.19. The minimum absolute atomic E-state index is 0.386.